The smallest absolute Gasteiger partial charge is 0.162 e. The number of halogens is 3. The molecule has 0 heterocycles. The largest absolute Gasteiger partial charge is 0.493 e. The molecule has 0 aromatic heterocycles. The van der Waals surface area contributed by atoms with E-state index >= 15 is 0 Å². The third kappa shape index (κ3) is 4.07. The van der Waals surface area contributed by atoms with E-state index in [1.165, 1.54) is 0 Å². The van der Waals surface area contributed by atoms with Crippen molar-refractivity contribution in [2.24, 2.45) is 0 Å². The van der Waals surface area contributed by atoms with E-state index < -0.39 is 0 Å². The first kappa shape index (κ1) is 17.4. The van der Waals surface area contributed by atoms with Gasteiger partial charge in [0, 0.05) is 26.6 Å². The molecule has 0 spiro atoms. The van der Waals surface area contributed by atoms with Gasteiger partial charge in [-0.2, -0.15) is 0 Å². The van der Waals surface area contributed by atoms with Crippen molar-refractivity contribution in [2.75, 3.05) is 14.2 Å². The van der Waals surface area contributed by atoms with E-state index in [1.54, 1.807) is 25.3 Å². The summed E-state index contributed by atoms with van der Waals surface area (Å²) in [6.07, 6.45) is 0. The van der Waals surface area contributed by atoms with E-state index in [2.05, 4.69) is 21.2 Å². The second kappa shape index (κ2) is 8.06. The highest BCUT2D eigenvalue weighted by atomic mass is 79.9. The zero-order valence-corrected chi connectivity index (χ0v) is 15.3. The van der Waals surface area contributed by atoms with Crippen molar-refractivity contribution < 1.29 is 9.47 Å². The number of nitrogens with one attached hydrogen (secondary N) is 1. The Morgan fingerprint density at radius 2 is 1.82 bits per heavy atom. The third-order valence-electron chi connectivity index (χ3n) is 3.13. The van der Waals surface area contributed by atoms with Gasteiger partial charge in [-0.05, 0) is 36.9 Å². The van der Waals surface area contributed by atoms with Crippen LogP contribution < -0.4 is 14.8 Å². The molecule has 6 heteroatoms. The van der Waals surface area contributed by atoms with Gasteiger partial charge in [-0.25, -0.2) is 0 Å². The number of ether oxygens (including phenoxy) is 2. The van der Waals surface area contributed by atoms with Gasteiger partial charge in [0.2, 0.25) is 0 Å². The Labute approximate surface area is 148 Å². The molecule has 0 fully saturated rings. The molecular weight excluding hydrogens is 389 g/mol. The normalized spacial score (nSPS) is 10.6. The monoisotopic (exact) mass is 403 g/mol. The first-order chi connectivity index (χ1) is 10.6. The van der Waals surface area contributed by atoms with Crippen molar-refractivity contribution in [3.63, 3.8) is 0 Å². The van der Waals surface area contributed by atoms with Crippen molar-refractivity contribution in [1.29, 1.82) is 0 Å². The van der Waals surface area contributed by atoms with Crippen LogP contribution in [0.5, 0.6) is 11.5 Å². The van der Waals surface area contributed by atoms with Gasteiger partial charge in [0.05, 0.1) is 7.11 Å². The van der Waals surface area contributed by atoms with Gasteiger partial charge in [-0.1, -0.05) is 45.2 Å². The molecule has 2 aromatic carbocycles. The number of rotatable bonds is 6. The molecule has 118 valence electrons. The summed E-state index contributed by atoms with van der Waals surface area (Å²) in [6, 6.07) is 9.20. The molecule has 0 atom stereocenters. The predicted molar refractivity (Wildman–Crippen MR) is 94.3 cm³/mol. The van der Waals surface area contributed by atoms with Crippen LogP contribution in [0.15, 0.2) is 34.8 Å². The minimum absolute atomic E-state index is 0.271. The summed E-state index contributed by atoms with van der Waals surface area (Å²) in [5, 5.41) is 4.27. The number of hydrogen-bond donors (Lipinski definition) is 1. The molecule has 22 heavy (non-hydrogen) atoms. The van der Waals surface area contributed by atoms with Gasteiger partial charge >= 0.3 is 0 Å². The Bertz CT molecular complexity index is 645. The number of methoxy groups -OCH3 is 1. The average molecular weight is 405 g/mol. The highest BCUT2D eigenvalue weighted by Gasteiger charge is 2.12. The van der Waals surface area contributed by atoms with Gasteiger partial charge in [0.15, 0.2) is 11.5 Å². The van der Waals surface area contributed by atoms with Crippen LogP contribution in [0.2, 0.25) is 10.0 Å². The summed E-state index contributed by atoms with van der Waals surface area (Å²) in [6.45, 7) is 1.00. The second-order valence-electron chi connectivity index (χ2n) is 4.61. The maximum absolute atomic E-state index is 6.15. The molecule has 0 unspecified atom stereocenters. The van der Waals surface area contributed by atoms with Gasteiger partial charge in [-0.3, -0.25) is 0 Å². The summed E-state index contributed by atoms with van der Waals surface area (Å²) in [5.41, 5.74) is 1.84. The Morgan fingerprint density at radius 3 is 2.41 bits per heavy atom. The summed E-state index contributed by atoms with van der Waals surface area (Å²) >= 11 is 15.8. The maximum Gasteiger partial charge on any atom is 0.162 e. The second-order valence-corrected chi connectivity index (χ2v) is 6.28. The Hall–Kier alpha value is -0.940. The lowest BCUT2D eigenvalue weighted by atomic mass is 10.2. The Kier molecular flexibility index (Phi) is 6.38. The third-order valence-corrected chi connectivity index (χ3v) is 4.58. The summed E-state index contributed by atoms with van der Waals surface area (Å²) in [7, 11) is 3.50. The topological polar surface area (TPSA) is 30.5 Å². The molecule has 2 aromatic rings. The molecule has 0 saturated carbocycles. The number of benzene rings is 2. The SMILES string of the molecule is CNCc1cc(OC)c(OCc2c(Cl)cccc2Cl)cc1Br. The minimum atomic E-state index is 0.271. The van der Waals surface area contributed by atoms with Crippen molar-refractivity contribution in [3.05, 3.63) is 56.0 Å². The highest BCUT2D eigenvalue weighted by molar-refractivity contribution is 9.10. The summed E-state index contributed by atoms with van der Waals surface area (Å²) < 4.78 is 12.2. The average Bonchev–Trinajstić information content (AvgIpc) is 2.49. The first-order valence-corrected chi connectivity index (χ1v) is 8.18. The standard InChI is InChI=1S/C16H16BrCl2NO2/c1-20-8-10-6-15(21-2)16(7-12(10)17)22-9-11-13(18)4-3-5-14(11)19/h3-7,20H,8-9H2,1-2H3. The molecule has 0 radical (unpaired) electrons. The predicted octanol–water partition coefficient (Wildman–Crippen LogP) is 5.06. The van der Waals surface area contributed by atoms with Crippen LogP contribution in [0.4, 0.5) is 0 Å². The lowest BCUT2D eigenvalue weighted by molar-refractivity contribution is 0.284. The molecular formula is C16H16BrCl2NO2. The van der Waals surface area contributed by atoms with Crippen LogP contribution >= 0.6 is 39.1 Å². The summed E-state index contributed by atoms with van der Waals surface area (Å²) in [4.78, 5) is 0. The van der Waals surface area contributed by atoms with Crippen molar-refractivity contribution >= 4 is 39.1 Å². The lowest BCUT2D eigenvalue weighted by Gasteiger charge is -2.15. The zero-order valence-electron chi connectivity index (χ0n) is 12.3. The van der Waals surface area contributed by atoms with Crippen molar-refractivity contribution in [2.45, 2.75) is 13.2 Å². The van der Waals surface area contributed by atoms with Crippen LogP contribution in [0.25, 0.3) is 0 Å². The minimum Gasteiger partial charge on any atom is -0.493 e. The Balaban J connectivity index is 2.24. The quantitative estimate of drug-likeness (QED) is 0.729. The molecule has 0 aliphatic heterocycles. The summed E-state index contributed by atoms with van der Waals surface area (Å²) in [5.74, 6) is 1.29. The lowest BCUT2D eigenvalue weighted by Crippen LogP contribution is -2.07. The van der Waals surface area contributed by atoms with Crippen molar-refractivity contribution in [1.82, 2.24) is 5.32 Å². The van der Waals surface area contributed by atoms with Crippen molar-refractivity contribution in [3.8, 4) is 11.5 Å². The molecule has 0 bridgehead atoms. The molecule has 1 N–H and O–H groups in total. The van der Waals surface area contributed by atoms with Gasteiger partial charge in [-0.15, -0.1) is 0 Å². The van der Waals surface area contributed by atoms with E-state index in [1.807, 2.05) is 19.2 Å². The fraction of sp³-hybridized carbons (Fsp3) is 0.250. The molecule has 3 nitrogen and oxygen atoms in total. The molecule has 0 saturated heterocycles. The number of hydrogen-bond acceptors (Lipinski definition) is 3. The molecule has 0 amide bonds. The van der Waals surface area contributed by atoms with E-state index in [0.29, 0.717) is 21.5 Å². The van der Waals surface area contributed by atoms with Gasteiger partial charge < -0.3 is 14.8 Å². The highest BCUT2D eigenvalue weighted by Crippen LogP contribution is 2.35. The van der Waals surface area contributed by atoms with E-state index in [9.17, 15) is 0 Å². The zero-order chi connectivity index (χ0) is 16.1. The van der Waals surface area contributed by atoms with Gasteiger partial charge in [0.25, 0.3) is 0 Å². The van der Waals surface area contributed by atoms with Gasteiger partial charge in [0.1, 0.15) is 6.61 Å². The Morgan fingerprint density at radius 1 is 1.14 bits per heavy atom. The van der Waals surface area contributed by atoms with Crippen LogP contribution in [0, 0.1) is 0 Å². The van der Waals surface area contributed by atoms with E-state index in [-0.39, 0.29) is 6.61 Å². The molecule has 0 aliphatic rings. The fourth-order valence-electron chi connectivity index (χ4n) is 2.00. The maximum atomic E-state index is 6.15. The van der Waals surface area contributed by atoms with E-state index in [0.717, 1.165) is 22.1 Å². The van der Waals surface area contributed by atoms with Crippen LogP contribution in [-0.4, -0.2) is 14.2 Å². The molecule has 2 rings (SSSR count). The first-order valence-electron chi connectivity index (χ1n) is 6.63. The van der Waals surface area contributed by atoms with Crippen LogP contribution in [-0.2, 0) is 13.2 Å². The molecule has 0 aliphatic carbocycles. The van der Waals surface area contributed by atoms with Crippen LogP contribution in [0.1, 0.15) is 11.1 Å². The fourth-order valence-corrected chi connectivity index (χ4v) is 2.96. The van der Waals surface area contributed by atoms with Crippen LogP contribution in [0.3, 0.4) is 0 Å². The van der Waals surface area contributed by atoms with E-state index in [4.69, 9.17) is 32.7 Å².